The first-order valence-corrected chi connectivity index (χ1v) is 13.4. The first-order chi connectivity index (χ1) is 19.0. The highest BCUT2D eigenvalue weighted by Gasteiger charge is 2.40. The van der Waals surface area contributed by atoms with E-state index < -0.39 is 48.6 Å². The molecular weight excluding hydrogens is 534 g/mol. The van der Waals surface area contributed by atoms with Gasteiger partial charge in [0.2, 0.25) is 18.3 Å². The van der Waals surface area contributed by atoms with Crippen LogP contribution in [0, 0.1) is 24.7 Å². The zero-order chi connectivity index (χ0) is 28.6. The number of rotatable bonds is 10. The predicted octanol–water partition coefficient (Wildman–Crippen LogP) is 4.58. The van der Waals surface area contributed by atoms with Crippen molar-refractivity contribution in [1.82, 2.24) is 35.5 Å². The molecule has 0 radical (unpaired) electrons. The lowest BCUT2D eigenvalue weighted by atomic mass is 9.81. The number of carbonyl (C=O) groups excluding carboxylic acids is 2. The van der Waals surface area contributed by atoms with Gasteiger partial charge < -0.3 is 10.6 Å². The number of hydrogen-bond donors (Lipinski definition) is 2. The first kappa shape index (κ1) is 28.0. The van der Waals surface area contributed by atoms with Crippen LogP contribution in [0.5, 0.6) is 0 Å². The third-order valence-corrected chi connectivity index (χ3v) is 7.80. The van der Waals surface area contributed by atoms with Crippen molar-refractivity contribution in [2.24, 2.45) is 17.8 Å². The minimum absolute atomic E-state index is 0.000554. The average molecular weight is 566 g/mol. The van der Waals surface area contributed by atoms with Crippen molar-refractivity contribution >= 4 is 17.5 Å². The van der Waals surface area contributed by atoms with E-state index in [0.29, 0.717) is 22.6 Å². The Labute approximate surface area is 227 Å². The van der Waals surface area contributed by atoms with E-state index in [0.717, 1.165) is 12.8 Å². The largest absolute Gasteiger partial charge is 0.349 e. The van der Waals surface area contributed by atoms with Gasteiger partial charge in [0.1, 0.15) is 5.69 Å². The maximum absolute atomic E-state index is 13.9. The number of hydrogen-bond acceptors (Lipinski definition) is 7. The first-order valence-electron chi connectivity index (χ1n) is 13.4. The SMILES string of the molecule is Cc1nonc1C(=O)N[C@H](c1cn2ncc(C(NC(=O)[C@H](C)CC(F)F)C3CC3)cc2n1)C1CCC(F)(F)CC1. The fourth-order valence-electron chi connectivity index (χ4n) is 5.28. The Morgan fingerprint density at radius 2 is 1.80 bits per heavy atom. The van der Waals surface area contributed by atoms with Crippen LogP contribution >= 0.6 is 0 Å². The molecule has 3 aromatic rings. The maximum atomic E-state index is 13.9. The number of carbonyl (C=O) groups is 2. The quantitative estimate of drug-likeness (QED) is 0.345. The molecule has 2 amide bonds. The summed E-state index contributed by atoms with van der Waals surface area (Å²) in [5.74, 6) is -4.73. The van der Waals surface area contributed by atoms with Gasteiger partial charge in [-0.2, -0.15) is 5.10 Å². The molecule has 10 nitrogen and oxygen atoms in total. The second-order valence-corrected chi connectivity index (χ2v) is 11.0. The molecule has 2 N–H and O–H groups in total. The molecule has 3 aromatic heterocycles. The van der Waals surface area contributed by atoms with Crippen molar-refractivity contribution in [2.75, 3.05) is 0 Å². The average Bonchev–Trinajstić information content (AvgIpc) is 3.50. The van der Waals surface area contributed by atoms with E-state index in [1.165, 1.54) is 11.4 Å². The van der Waals surface area contributed by atoms with Gasteiger partial charge in [0.05, 0.1) is 30.2 Å². The smallest absolute Gasteiger partial charge is 0.276 e. The molecule has 0 saturated heterocycles. The van der Waals surface area contributed by atoms with Crippen LogP contribution in [-0.2, 0) is 4.79 Å². The van der Waals surface area contributed by atoms with Gasteiger partial charge in [0, 0.05) is 25.2 Å². The molecule has 0 aliphatic heterocycles. The van der Waals surface area contributed by atoms with Crippen molar-refractivity contribution < 1.29 is 31.8 Å². The Bertz CT molecular complexity index is 1360. The summed E-state index contributed by atoms with van der Waals surface area (Å²) in [5.41, 5.74) is 1.86. The summed E-state index contributed by atoms with van der Waals surface area (Å²) in [4.78, 5) is 30.3. The molecule has 0 bridgehead atoms. The number of nitrogens with one attached hydrogen (secondary N) is 2. The normalized spacial score (nSPS) is 19.9. The maximum Gasteiger partial charge on any atom is 0.276 e. The zero-order valence-electron chi connectivity index (χ0n) is 22.1. The van der Waals surface area contributed by atoms with E-state index in [2.05, 4.69) is 35.7 Å². The Balaban J connectivity index is 1.41. The summed E-state index contributed by atoms with van der Waals surface area (Å²) < 4.78 is 59.6. The summed E-state index contributed by atoms with van der Waals surface area (Å²) in [7, 11) is 0. The van der Waals surface area contributed by atoms with Gasteiger partial charge >= 0.3 is 0 Å². The molecule has 3 heterocycles. The zero-order valence-corrected chi connectivity index (χ0v) is 22.1. The molecular formula is C26H31F4N7O3. The van der Waals surface area contributed by atoms with Crippen LogP contribution in [0.1, 0.15) is 91.4 Å². The molecule has 2 saturated carbocycles. The molecule has 1 unspecified atom stereocenters. The molecule has 2 aliphatic carbocycles. The number of amides is 2. The Hall–Kier alpha value is -3.58. The number of aryl methyl sites for hydroxylation is 1. The van der Waals surface area contributed by atoms with Crippen LogP contribution in [0.3, 0.4) is 0 Å². The number of fused-ring (bicyclic) bond motifs is 1. The number of imidazole rings is 1. The molecule has 2 fully saturated rings. The van der Waals surface area contributed by atoms with Crippen molar-refractivity contribution in [3.8, 4) is 0 Å². The van der Waals surface area contributed by atoms with E-state index in [1.54, 1.807) is 25.4 Å². The summed E-state index contributed by atoms with van der Waals surface area (Å²) in [6, 6.07) is 0.667. The Kier molecular flexibility index (Phi) is 7.78. The minimum atomic E-state index is -2.75. The van der Waals surface area contributed by atoms with Crippen LogP contribution in [-0.4, -0.2) is 49.1 Å². The van der Waals surface area contributed by atoms with Gasteiger partial charge in [-0.15, -0.1) is 0 Å². The Morgan fingerprint density at radius 3 is 2.42 bits per heavy atom. The van der Waals surface area contributed by atoms with Gasteiger partial charge in [-0.3, -0.25) is 9.59 Å². The number of aromatic nitrogens is 5. The van der Waals surface area contributed by atoms with Gasteiger partial charge in [-0.1, -0.05) is 12.1 Å². The lowest BCUT2D eigenvalue weighted by Gasteiger charge is -2.33. The summed E-state index contributed by atoms with van der Waals surface area (Å²) >= 11 is 0. The van der Waals surface area contributed by atoms with Crippen LogP contribution < -0.4 is 10.6 Å². The molecule has 0 spiro atoms. The van der Waals surface area contributed by atoms with Crippen molar-refractivity contribution in [1.29, 1.82) is 0 Å². The van der Waals surface area contributed by atoms with Gasteiger partial charge in [0.15, 0.2) is 11.3 Å². The Morgan fingerprint density at radius 1 is 1.10 bits per heavy atom. The fraction of sp³-hybridized carbons (Fsp3) is 0.615. The van der Waals surface area contributed by atoms with E-state index in [-0.39, 0.29) is 43.2 Å². The van der Waals surface area contributed by atoms with Crippen LogP contribution in [0.2, 0.25) is 0 Å². The van der Waals surface area contributed by atoms with Gasteiger partial charge in [0.25, 0.3) is 5.91 Å². The van der Waals surface area contributed by atoms with Crippen LogP contribution in [0.15, 0.2) is 23.1 Å². The van der Waals surface area contributed by atoms with Crippen molar-refractivity contribution in [2.45, 2.75) is 83.2 Å². The highest BCUT2D eigenvalue weighted by Crippen LogP contribution is 2.43. The van der Waals surface area contributed by atoms with Crippen LogP contribution in [0.25, 0.3) is 5.65 Å². The molecule has 14 heteroatoms. The molecule has 40 heavy (non-hydrogen) atoms. The van der Waals surface area contributed by atoms with Gasteiger partial charge in [-0.25, -0.2) is 31.7 Å². The van der Waals surface area contributed by atoms with E-state index in [1.807, 2.05) is 0 Å². The fourth-order valence-corrected chi connectivity index (χ4v) is 5.28. The standard InChI is InChI=1S/C26H31F4N7O3/c1-13(9-19(27)28)24(38)33-22(15-3-4-15)17-10-20-32-18(12-37(20)31-11-17)23(16-5-7-26(29,30)8-6-16)34-25(39)21-14(2)35-40-36-21/h10-13,15-16,19,22-23H,3-9H2,1-2H3,(H,33,38)(H,34,39)/t13-,22?,23+/m1/s1. The molecule has 5 rings (SSSR count). The summed E-state index contributed by atoms with van der Waals surface area (Å²) in [5, 5.41) is 17.5. The van der Waals surface area contributed by atoms with E-state index in [9.17, 15) is 27.2 Å². The monoisotopic (exact) mass is 565 g/mol. The third kappa shape index (κ3) is 6.25. The topological polar surface area (TPSA) is 127 Å². The predicted molar refractivity (Wildman–Crippen MR) is 133 cm³/mol. The molecule has 2 aliphatic rings. The second kappa shape index (κ2) is 11.1. The van der Waals surface area contributed by atoms with Crippen molar-refractivity contribution in [3.05, 3.63) is 41.1 Å². The highest BCUT2D eigenvalue weighted by molar-refractivity contribution is 5.93. The number of nitrogens with zero attached hydrogens (tertiary/aromatic N) is 5. The van der Waals surface area contributed by atoms with Gasteiger partial charge in [-0.05, 0) is 61.2 Å². The molecule has 3 atom stereocenters. The minimum Gasteiger partial charge on any atom is -0.349 e. The van der Waals surface area contributed by atoms with Crippen LogP contribution in [0.4, 0.5) is 17.6 Å². The van der Waals surface area contributed by atoms with E-state index >= 15 is 0 Å². The highest BCUT2D eigenvalue weighted by atomic mass is 19.3. The lowest BCUT2D eigenvalue weighted by molar-refractivity contribution is -0.126. The second-order valence-electron chi connectivity index (χ2n) is 11.0. The summed E-state index contributed by atoms with van der Waals surface area (Å²) in [6.45, 7) is 3.04. The third-order valence-electron chi connectivity index (χ3n) is 7.80. The lowest BCUT2D eigenvalue weighted by Crippen LogP contribution is -2.37. The van der Waals surface area contributed by atoms with E-state index in [4.69, 9.17) is 0 Å². The molecule has 216 valence electrons. The van der Waals surface area contributed by atoms with Crippen molar-refractivity contribution in [3.63, 3.8) is 0 Å². The number of alkyl halides is 4. The summed E-state index contributed by atoms with van der Waals surface area (Å²) in [6.07, 6.45) is 1.70. The molecule has 0 aromatic carbocycles. The number of halogens is 4.